The third-order valence-electron chi connectivity index (χ3n) is 5.34. The predicted octanol–water partition coefficient (Wildman–Crippen LogP) is 3.98. The highest BCUT2D eigenvalue weighted by Gasteiger charge is 2.36. The number of aromatic nitrogens is 1. The van der Waals surface area contributed by atoms with Crippen LogP contribution in [0.25, 0.3) is 10.9 Å². The highest BCUT2D eigenvalue weighted by Crippen LogP contribution is 2.28. The smallest absolute Gasteiger partial charge is 0.185 e. The number of allylic oxidation sites excluding steroid dienone is 1. The zero-order valence-corrected chi connectivity index (χ0v) is 14.7. The Kier molecular flexibility index (Phi) is 3.87. The molecule has 0 amide bonds. The number of likely N-dealkylation sites (tertiary alicyclic amines) is 1. The molecule has 3 heteroatoms. The van der Waals surface area contributed by atoms with Crippen molar-refractivity contribution in [2.45, 2.75) is 45.2 Å². The van der Waals surface area contributed by atoms with Crippen molar-refractivity contribution in [3.63, 3.8) is 0 Å². The van der Waals surface area contributed by atoms with Gasteiger partial charge in [0.1, 0.15) is 5.69 Å². The van der Waals surface area contributed by atoms with E-state index in [1.807, 2.05) is 0 Å². The molecule has 4 rings (SSSR count). The number of rotatable bonds is 3. The first-order valence-corrected chi connectivity index (χ1v) is 9.02. The molecule has 1 aromatic heterocycles. The molecule has 0 saturated carbocycles. The number of hydrogen-bond acceptors (Lipinski definition) is 2. The van der Waals surface area contributed by atoms with Crippen molar-refractivity contribution in [1.82, 2.24) is 9.88 Å². The van der Waals surface area contributed by atoms with E-state index in [-0.39, 0.29) is 5.54 Å². The summed E-state index contributed by atoms with van der Waals surface area (Å²) in [5.41, 5.74) is 3.84. The van der Waals surface area contributed by atoms with Crippen molar-refractivity contribution in [2.75, 3.05) is 13.1 Å². The van der Waals surface area contributed by atoms with Gasteiger partial charge in [0.25, 0.3) is 0 Å². The highest BCUT2D eigenvalue weighted by atomic mass is 15.2. The second kappa shape index (κ2) is 6.04. The summed E-state index contributed by atoms with van der Waals surface area (Å²) >= 11 is 0. The summed E-state index contributed by atoms with van der Waals surface area (Å²) in [4.78, 5) is 7.40. The summed E-state index contributed by atoms with van der Waals surface area (Å²) in [5, 5.41) is 1.21. The van der Waals surface area contributed by atoms with Gasteiger partial charge in [0, 0.05) is 44.1 Å². The number of fused-ring (bicyclic) bond motifs is 1. The van der Waals surface area contributed by atoms with E-state index in [1.165, 1.54) is 37.0 Å². The van der Waals surface area contributed by atoms with Crippen LogP contribution in [0.3, 0.4) is 0 Å². The van der Waals surface area contributed by atoms with Crippen LogP contribution in [-0.2, 0) is 6.54 Å². The Hall–Kier alpha value is -2.16. The summed E-state index contributed by atoms with van der Waals surface area (Å²) in [6, 6.07) is 12.7. The summed E-state index contributed by atoms with van der Waals surface area (Å²) in [7, 11) is 0. The first-order valence-electron chi connectivity index (χ1n) is 9.02. The molecule has 24 heavy (non-hydrogen) atoms. The number of hydrogen-bond donors (Lipinski definition) is 0. The maximum Gasteiger partial charge on any atom is 0.185 e. The average molecular weight is 320 g/mol. The van der Waals surface area contributed by atoms with Crippen LogP contribution in [0.1, 0.15) is 38.8 Å². The Morgan fingerprint density at radius 3 is 2.67 bits per heavy atom. The van der Waals surface area contributed by atoms with Crippen LogP contribution < -0.4 is 0 Å². The largest absolute Gasteiger partial charge is 0.374 e. The van der Waals surface area contributed by atoms with E-state index in [9.17, 15) is 0 Å². The highest BCUT2D eigenvalue weighted by molar-refractivity contribution is 5.78. The van der Waals surface area contributed by atoms with Crippen LogP contribution in [0.15, 0.2) is 48.2 Å². The van der Waals surface area contributed by atoms with Crippen molar-refractivity contribution in [3.05, 3.63) is 53.9 Å². The molecular formula is C21H26N3+. The first-order chi connectivity index (χ1) is 11.6. The molecule has 1 aromatic carbocycles. The summed E-state index contributed by atoms with van der Waals surface area (Å²) < 4.78 is 2.43. The molecule has 2 aliphatic rings. The summed E-state index contributed by atoms with van der Waals surface area (Å²) in [6.45, 7) is 7.99. The Labute approximate surface area is 144 Å². The number of para-hydroxylation sites is 1. The first kappa shape index (κ1) is 15.4. The third-order valence-corrected chi connectivity index (χ3v) is 5.34. The number of benzene rings is 1. The quantitative estimate of drug-likeness (QED) is 0.797. The van der Waals surface area contributed by atoms with Gasteiger partial charge >= 0.3 is 0 Å². The molecule has 0 atom stereocenters. The van der Waals surface area contributed by atoms with Gasteiger partial charge in [-0.15, -0.1) is 0 Å². The van der Waals surface area contributed by atoms with Crippen LogP contribution in [0.4, 0.5) is 0 Å². The molecule has 1 saturated heterocycles. The van der Waals surface area contributed by atoms with Crippen molar-refractivity contribution < 1.29 is 4.58 Å². The Balaban J connectivity index is 1.59. The normalized spacial score (nSPS) is 20.2. The van der Waals surface area contributed by atoms with Crippen molar-refractivity contribution in [2.24, 2.45) is 0 Å². The van der Waals surface area contributed by atoms with E-state index in [0.717, 1.165) is 24.2 Å². The van der Waals surface area contributed by atoms with E-state index in [1.54, 1.807) is 0 Å². The van der Waals surface area contributed by atoms with Crippen LogP contribution >= 0.6 is 0 Å². The lowest BCUT2D eigenvalue weighted by molar-refractivity contribution is -0.613. The van der Waals surface area contributed by atoms with E-state index in [2.05, 4.69) is 72.0 Å². The molecule has 0 bridgehead atoms. The Bertz CT molecular complexity index is 811. The Morgan fingerprint density at radius 1 is 1.08 bits per heavy atom. The molecule has 2 aromatic rings. The standard InChI is InChI=1S/C21H26N3/c1-21(2)15-19(23-12-5-6-13-23)11-14-24(21)16-18-10-9-17-7-3-4-8-20(17)22-18/h3-4,7-11,14H,5-6,12-13,15-16H2,1-2H3/q+1. The molecule has 2 aliphatic heterocycles. The van der Waals surface area contributed by atoms with Crippen LogP contribution in [-0.4, -0.2) is 39.3 Å². The van der Waals surface area contributed by atoms with E-state index in [4.69, 9.17) is 4.98 Å². The second-order valence-corrected chi connectivity index (χ2v) is 7.61. The lowest BCUT2D eigenvalue weighted by Gasteiger charge is -2.31. The second-order valence-electron chi connectivity index (χ2n) is 7.61. The zero-order chi connectivity index (χ0) is 16.6. The maximum atomic E-state index is 4.84. The van der Waals surface area contributed by atoms with Crippen LogP contribution in [0.2, 0.25) is 0 Å². The molecule has 124 valence electrons. The van der Waals surface area contributed by atoms with Gasteiger partial charge in [-0.1, -0.05) is 24.3 Å². The number of pyridine rings is 1. The van der Waals surface area contributed by atoms with Gasteiger partial charge in [-0.3, -0.25) is 0 Å². The van der Waals surface area contributed by atoms with Gasteiger partial charge in [-0.05, 0) is 25.0 Å². The average Bonchev–Trinajstić information content (AvgIpc) is 3.11. The molecule has 1 fully saturated rings. The summed E-state index contributed by atoms with van der Waals surface area (Å²) in [6.07, 6.45) is 8.37. The SMILES string of the molecule is CC1(C)CC(N2CCCC2)=CC=[N+]1Cc1ccc2ccccc2n1. The minimum Gasteiger partial charge on any atom is -0.374 e. The number of nitrogens with zero attached hydrogens (tertiary/aromatic N) is 3. The lowest BCUT2D eigenvalue weighted by atomic mass is 9.94. The predicted molar refractivity (Wildman–Crippen MR) is 99.4 cm³/mol. The molecule has 3 nitrogen and oxygen atoms in total. The topological polar surface area (TPSA) is 19.1 Å². The maximum absolute atomic E-state index is 4.84. The molecule has 0 N–H and O–H groups in total. The van der Waals surface area contributed by atoms with Gasteiger partial charge in [0.2, 0.25) is 0 Å². The van der Waals surface area contributed by atoms with Gasteiger partial charge in [0.05, 0.1) is 11.9 Å². The molecule has 0 aliphatic carbocycles. The van der Waals surface area contributed by atoms with Crippen LogP contribution in [0, 0.1) is 0 Å². The van der Waals surface area contributed by atoms with Gasteiger partial charge in [-0.2, -0.15) is 0 Å². The van der Waals surface area contributed by atoms with Gasteiger partial charge < -0.3 is 4.90 Å². The fourth-order valence-electron chi connectivity index (χ4n) is 3.84. The molecule has 0 radical (unpaired) electrons. The van der Waals surface area contributed by atoms with Gasteiger partial charge in [0.15, 0.2) is 18.3 Å². The zero-order valence-electron chi connectivity index (χ0n) is 14.7. The van der Waals surface area contributed by atoms with Crippen molar-refractivity contribution in [1.29, 1.82) is 0 Å². The van der Waals surface area contributed by atoms with E-state index in [0.29, 0.717) is 0 Å². The lowest BCUT2D eigenvalue weighted by Crippen LogP contribution is -2.41. The van der Waals surface area contributed by atoms with Gasteiger partial charge in [-0.25, -0.2) is 9.56 Å². The van der Waals surface area contributed by atoms with Crippen molar-refractivity contribution >= 4 is 17.1 Å². The minimum atomic E-state index is 0.125. The molecular weight excluding hydrogens is 294 g/mol. The monoisotopic (exact) mass is 320 g/mol. The fraction of sp³-hybridized carbons (Fsp3) is 0.429. The van der Waals surface area contributed by atoms with E-state index < -0.39 is 0 Å². The minimum absolute atomic E-state index is 0.125. The van der Waals surface area contributed by atoms with E-state index >= 15 is 0 Å². The summed E-state index contributed by atoms with van der Waals surface area (Å²) in [5.74, 6) is 0. The molecule has 3 heterocycles. The Morgan fingerprint density at radius 2 is 1.88 bits per heavy atom. The van der Waals surface area contributed by atoms with Crippen LogP contribution in [0.5, 0.6) is 0 Å². The molecule has 0 spiro atoms. The fourth-order valence-corrected chi connectivity index (χ4v) is 3.84. The van der Waals surface area contributed by atoms with Crippen molar-refractivity contribution in [3.8, 4) is 0 Å². The third kappa shape index (κ3) is 2.95. The molecule has 0 unspecified atom stereocenters.